The third kappa shape index (κ3) is 7.91. The summed E-state index contributed by atoms with van der Waals surface area (Å²) >= 11 is 0. The topological polar surface area (TPSA) is 66.8 Å². The number of ether oxygens (including phenoxy) is 1. The second-order valence-electron chi connectivity index (χ2n) is 14.8. The number of benzene rings is 2. The Balaban J connectivity index is 2.85. The van der Waals surface area contributed by atoms with Crippen molar-refractivity contribution >= 4 is 25.8 Å². The molecule has 0 aromatic heterocycles. The molecule has 2 N–H and O–H groups in total. The zero-order valence-electron chi connectivity index (χ0n) is 26.8. The Kier molecular flexibility index (Phi) is 9.63. The molecule has 0 aliphatic rings. The van der Waals surface area contributed by atoms with Gasteiger partial charge in [0.1, 0.15) is 11.5 Å². The van der Waals surface area contributed by atoms with Gasteiger partial charge in [-0.25, -0.2) is 4.79 Å². The van der Waals surface area contributed by atoms with Crippen LogP contribution in [0.25, 0.3) is 0 Å². The molecule has 0 heterocycles. The van der Waals surface area contributed by atoms with Crippen LogP contribution >= 0.6 is 19.9 Å². The van der Waals surface area contributed by atoms with E-state index in [4.69, 9.17) is 4.74 Å². The SMILES string of the molecule is CCS(C)(Sc1cc(C(C)(C)C)c(O)c(C(C)(C)C)c1)c1cc(C(C)(C)C)c(OCC(=O)O)c(C(C)(C)C)c1. The van der Waals surface area contributed by atoms with Crippen molar-refractivity contribution in [2.24, 2.45) is 0 Å². The minimum Gasteiger partial charge on any atom is -0.507 e. The predicted octanol–water partition coefficient (Wildman–Crippen LogP) is 9.57. The molecule has 0 amide bonds. The summed E-state index contributed by atoms with van der Waals surface area (Å²) in [5.41, 5.74) is 3.16. The molecule has 0 aliphatic heterocycles. The van der Waals surface area contributed by atoms with Gasteiger partial charge in [-0.3, -0.25) is 0 Å². The smallest absolute Gasteiger partial charge is 0.341 e. The van der Waals surface area contributed by atoms with Gasteiger partial charge in [0.15, 0.2) is 6.61 Å². The number of phenolic OH excluding ortho intramolecular Hbond substituents is 1. The van der Waals surface area contributed by atoms with E-state index < -0.39 is 15.0 Å². The van der Waals surface area contributed by atoms with Crippen LogP contribution in [0.2, 0.25) is 0 Å². The molecule has 220 valence electrons. The molecule has 2 rings (SSSR count). The Morgan fingerprint density at radius 3 is 1.46 bits per heavy atom. The van der Waals surface area contributed by atoms with Gasteiger partial charge in [-0.15, -0.1) is 0 Å². The first kappa shape index (κ1) is 33.4. The van der Waals surface area contributed by atoms with E-state index in [1.165, 1.54) is 9.79 Å². The molecule has 0 saturated heterocycles. The normalized spacial score (nSPS) is 15.5. The zero-order valence-corrected chi connectivity index (χ0v) is 28.4. The van der Waals surface area contributed by atoms with Crippen molar-refractivity contribution in [3.8, 4) is 11.5 Å². The van der Waals surface area contributed by atoms with Crippen LogP contribution < -0.4 is 4.74 Å². The Morgan fingerprint density at radius 2 is 1.15 bits per heavy atom. The summed E-state index contributed by atoms with van der Waals surface area (Å²) in [7, 11) is 0.517. The first-order valence-corrected chi connectivity index (χ1v) is 17.3. The number of carboxylic acid groups (broad SMARTS) is 1. The fourth-order valence-electron chi connectivity index (χ4n) is 4.54. The summed E-state index contributed by atoms with van der Waals surface area (Å²) in [5.74, 6) is 1.09. The molecule has 0 saturated carbocycles. The van der Waals surface area contributed by atoms with Crippen molar-refractivity contribution in [1.82, 2.24) is 0 Å². The fraction of sp³-hybridized carbons (Fsp3) is 0.606. The van der Waals surface area contributed by atoms with Gasteiger partial charge in [0.25, 0.3) is 0 Å². The van der Waals surface area contributed by atoms with Gasteiger partial charge in [0.2, 0.25) is 0 Å². The van der Waals surface area contributed by atoms with Crippen molar-refractivity contribution < 1.29 is 19.7 Å². The lowest BCUT2D eigenvalue weighted by Gasteiger charge is -2.39. The van der Waals surface area contributed by atoms with Gasteiger partial charge >= 0.3 is 5.97 Å². The van der Waals surface area contributed by atoms with Crippen molar-refractivity contribution in [2.75, 3.05) is 18.6 Å². The number of aromatic hydroxyl groups is 1. The maximum absolute atomic E-state index is 11.4. The van der Waals surface area contributed by atoms with E-state index in [2.05, 4.69) is 121 Å². The van der Waals surface area contributed by atoms with Crippen LogP contribution in [-0.4, -0.2) is 34.8 Å². The van der Waals surface area contributed by atoms with Crippen molar-refractivity contribution in [3.63, 3.8) is 0 Å². The molecule has 0 bridgehead atoms. The largest absolute Gasteiger partial charge is 0.507 e. The van der Waals surface area contributed by atoms with Crippen LogP contribution in [0.5, 0.6) is 11.5 Å². The quantitative estimate of drug-likeness (QED) is 0.321. The molecule has 2 aromatic rings. The molecule has 6 heteroatoms. The maximum atomic E-state index is 11.4. The zero-order chi connectivity index (χ0) is 30.4. The highest BCUT2D eigenvalue weighted by molar-refractivity contribution is 8.94. The van der Waals surface area contributed by atoms with E-state index >= 15 is 0 Å². The number of hydrogen-bond acceptors (Lipinski definition) is 4. The van der Waals surface area contributed by atoms with Gasteiger partial charge in [0, 0.05) is 27.1 Å². The lowest BCUT2D eigenvalue weighted by atomic mass is 9.79. The molecule has 0 radical (unpaired) electrons. The van der Waals surface area contributed by atoms with Crippen molar-refractivity contribution in [2.45, 2.75) is 121 Å². The number of phenols is 1. The number of carbonyl (C=O) groups is 1. The second-order valence-corrected chi connectivity index (χ2v) is 21.2. The molecule has 0 aliphatic carbocycles. The summed E-state index contributed by atoms with van der Waals surface area (Å²) in [6, 6.07) is 8.87. The Labute approximate surface area is 243 Å². The van der Waals surface area contributed by atoms with E-state index in [1.54, 1.807) is 0 Å². The summed E-state index contributed by atoms with van der Waals surface area (Å²) in [6.07, 6.45) is 2.37. The minimum absolute atomic E-state index is 0.194. The molecule has 0 spiro atoms. The van der Waals surface area contributed by atoms with E-state index in [0.29, 0.717) is 11.5 Å². The standard InChI is InChI=1S/C33H52O4S2/c1-15-39(14,38-21-16-23(30(2,3)4)28(36)24(17-21)31(5,6)7)22-18-25(32(8,9)10)29(37-20-27(34)35)26(19-22)33(11,12)13/h16-19,36H,15,20H2,1-14H3,(H,34,35). The second kappa shape index (κ2) is 11.2. The van der Waals surface area contributed by atoms with E-state index in [0.717, 1.165) is 28.0 Å². The van der Waals surface area contributed by atoms with Crippen LogP contribution in [0, 0.1) is 0 Å². The summed E-state index contributed by atoms with van der Waals surface area (Å²) in [5, 5.41) is 20.7. The maximum Gasteiger partial charge on any atom is 0.341 e. The molecule has 2 aromatic carbocycles. The lowest BCUT2D eigenvalue weighted by molar-refractivity contribution is -0.139. The van der Waals surface area contributed by atoms with E-state index in [9.17, 15) is 15.0 Å². The molecule has 39 heavy (non-hydrogen) atoms. The highest BCUT2D eigenvalue weighted by Crippen LogP contribution is 2.67. The van der Waals surface area contributed by atoms with E-state index in [1.807, 2.05) is 10.8 Å². The minimum atomic E-state index is -1.40. The van der Waals surface area contributed by atoms with Gasteiger partial charge in [-0.2, -0.15) is 9.06 Å². The molecule has 1 atom stereocenters. The monoisotopic (exact) mass is 576 g/mol. The van der Waals surface area contributed by atoms with Crippen LogP contribution in [0.15, 0.2) is 34.1 Å². The number of carboxylic acids is 1. The highest BCUT2D eigenvalue weighted by Gasteiger charge is 2.33. The van der Waals surface area contributed by atoms with E-state index in [-0.39, 0.29) is 28.3 Å². The summed E-state index contributed by atoms with van der Waals surface area (Å²) < 4.78 is 6.00. The third-order valence-corrected chi connectivity index (χ3v) is 13.1. The molecule has 0 fully saturated rings. The van der Waals surface area contributed by atoms with Crippen LogP contribution in [0.4, 0.5) is 0 Å². The third-order valence-electron chi connectivity index (χ3n) is 7.05. The average Bonchev–Trinajstić information content (AvgIpc) is 2.75. The Bertz CT molecular complexity index is 1130. The highest BCUT2D eigenvalue weighted by atomic mass is 33.2. The predicted molar refractivity (Wildman–Crippen MR) is 171 cm³/mol. The fourth-order valence-corrected chi connectivity index (χ4v) is 9.07. The van der Waals surface area contributed by atoms with Gasteiger partial charge < -0.3 is 14.9 Å². The summed E-state index contributed by atoms with van der Waals surface area (Å²) in [4.78, 5) is 13.9. The van der Waals surface area contributed by atoms with Crippen LogP contribution in [0.3, 0.4) is 0 Å². The van der Waals surface area contributed by atoms with Gasteiger partial charge in [-0.1, -0.05) is 101 Å². The van der Waals surface area contributed by atoms with Crippen LogP contribution in [-0.2, 0) is 26.5 Å². The number of rotatable bonds is 7. The number of aliphatic carboxylic acids is 1. The molecule has 4 nitrogen and oxygen atoms in total. The Morgan fingerprint density at radius 1 is 0.769 bits per heavy atom. The van der Waals surface area contributed by atoms with Gasteiger partial charge in [0.05, 0.1) is 0 Å². The molecular formula is C33H52O4S2. The lowest BCUT2D eigenvalue weighted by Crippen LogP contribution is -2.22. The van der Waals surface area contributed by atoms with Gasteiger partial charge in [-0.05, 0) is 62.8 Å². The summed E-state index contributed by atoms with van der Waals surface area (Å²) in [6.45, 7) is 27.7. The number of hydrogen-bond donors (Lipinski definition) is 2. The molecular weight excluding hydrogens is 524 g/mol. The first-order valence-electron chi connectivity index (χ1n) is 13.8. The van der Waals surface area contributed by atoms with Crippen molar-refractivity contribution in [3.05, 3.63) is 46.5 Å². The first-order chi connectivity index (χ1) is 17.4. The molecule has 1 unspecified atom stereocenters. The van der Waals surface area contributed by atoms with Crippen molar-refractivity contribution in [1.29, 1.82) is 0 Å². The Hall–Kier alpha value is -1.79. The van der Waals surface area contributed by atoms with Crippen LogP contribution in [0.1, 0.15) is 112 Å². The average molecular weight is 577 g/mol.